The number of carbonyl (C=O) groups is 2. The molecule has 0 bridgehead atoms. The highest BCUT2D eigenvalue weighted by Gasteiger charge is 2.66. The third kappa shape index (κ3) is 2.86. The summed E-state index contributed by atoms with van der Waals surface area (Å²) in [6.45, 7) is 14.0. The van der Waals surface area contributed by atoms with Crippen LogP contribution in [0.1, 0.15) is 86.5 Å². The first-order valence-corrected chi connectivity index (χ1v) is 13.5. The number of allylic oxidation sites excluding steroid dienone is 4. The molecule has 0 heterocycles. The minimum Gasteiger partial charge on any atom is -0.469 e. The van der Waals surface area contributed by atoms with E-state index >= 15 is 0 Å². The Bertz CT molecular complexity index is 925. The van der Waals surface area contributed by atoms with Gasteiger partial charge in [-0.25, -0.2) is 0 Å². The van der Waals surface area contributed by atoms with Crippen molar-refractivity contribution < 1.29 is 14.3 Å². The van der Waals surface area contributed by atoms with Crippen molar-refractivity contribution in [3.63, 3.8) is 0 Å². The molecular weight excluding hydrogens is 408 g/mol. The van der Waals surface area contributed by atoms with Gasteiger partial charge in [0.2, 0.25) is 0 Å². The standard InChI is InChI=1S/C30H44O3/c1-18(2)19-10-16-30(26(32)33-7)17-11-21-20(25(19)30)8-9-23-28(21,5)14-12-22-27(3,4)24(31)13-15-29(22,23)6/h11,13,15,18-20,22-23,25H,8-10,12,14,16-17H2,1-7H3. The molecular formula is C30H44O3. The number of ketones is 1. The quantitative estimate of drug-likeness (QED) is 0.343. The van der Waals surface area contributed by atoms with Crippen LogP contribution < -0.4 is 0 Å². The van der Waals surface area contributed by atoms with E-state index in [2.05, 4.69) is 53.7 Å². The number of carbonyl (C=O) groups excluding carboxylic acids is 2. The maximum atomic E-state index is 13.2. The summed E-state index contributed by atoms with van der Waals surface area (Å²) < 4.78 is 5.44. The van der Waals surface area contributed by atoms with Crippen molar-refractivity contribution >= 4 is 11.8 Å². The molecule has 5 rings (SSSR count). The summed E-state index contributed by atoms with van der Waals surface area (Å²) >= 11 is 0. The molecule has 0 radical (unpaired) electrons. The molecule has 0 aromatic carbocycles. The molecule has 0 aromatic rings. The van der Waals surface area contributed by atoms with Crippen LogP contribution >= 0.6 is 0 Å². The molecule has 3 heteroatoms. The molecule has 0 amide bonds. The zero-order valence-electron chi connectivity index (χ0n) is 21.9. The summed E-state index contributed by atoms with van der Waals surface area (Å²) in [6, 6.07) is 0. The lowest BCUT2D eigenvalue weighted by molar-refractivity contribution is -0.160. The minimum atomic E-state index is -0.318. The molecule has 3 fully saturated rings. The van der Waals surface area contributed by atoms with E-state index in [1.54, 1.807) is 12.7 Å². The molecule has 0 spiro atoms. The lowest BCUT2D eigenvalue weighted by Gasteiger charge is -2.65. The van der Waals surface area contributed by atoms with E-state index in [4.69, 9.17) is 4.74 Å². The SMILES string of the molecule is COC(=O)C12CC=C3C(CCC4C3(C)CCC3C(C)(C)C(=O)C=CC34C)C1C(C(C)C)CC2. The van der Waals surface area contributed by atoms with Crippen LogP contribution in [0.15, 0.2) is 23.8 Å². The van der Waals surface area contributed by atoms with E-state index in [-0.39, 0.29) is 27.6 Å². The van der Waals surface area contributed by atoms with Crippen molar-refractivity contribution in [3.8, 4) is 0 Å². The highest BCUT2D eigenvalue weighted by molar-refractivity contribution is 5.95. The third-order valence-corrected chi connectivity index (χ3v) is 11.7. The molecule has 0 N–H and O–H groups in total. The summed E-state index contributed by atoms with van der Waals surface area (Å²) in [5.74, 6) is 3.38. The van der Waals surface area contributed by atoms with Gasteiger partial charge in [0.05, 0.1) is 12.5 Å². The van der Waals surface area contributed by atoms with Gasteiger partial charge in [0.25, 0.3) is 0 Å². The first-order chi connectivity index (χ1) is 15.4. The number of ether oxygens (including phenoxy) is 1. The molecule has 3 saturated carbocycles. The predicted octanol–water partition coefficient (Wildman–Crippen LogP) is 6.77. The van der Waals surface area contributed by atoms with Crippen LogP contribution in [-0.4, -0.2) is 18.9 Å². The van der Waals surface area contributed by atoms with Gasteiger partial charge in [-0.3, -0.25) is 9.59 Å². The lowest BCUT2D eigenvalue weighted by Crippen LogP contribution is -2.59. The van der Waals surface area contributed by atoms with E-state index in [9.17, 15) is 9.59 Å². The fraction of sp³-hybridized carbons (Fsp3) is 0.800. The van der Waals surface area contributed by atoms with E-state index in [0.717, 1.165) is 32.1 Å². The number of hydrogen-bond donors (Lipinski definition) is 0. The maximum absolute atomic E-state index is 13.2. The van der Waals surface area contributed by atoms with Crippen molar-refractivity contribution in [2.45, 2.75) is 86.5 Å². The van der Waals surface area contributed by atoms with Crippen molar-refractivity contribution in [1.82, 2.24) is 0 Å². The van der Waals surface area contributed by atoms with E-state index in [0.29, 0.717) is 41.3 Å². The van der Waals surface area contributed by atoms with Crippen LogP contribution in [0.25, 0.3) is 0 Å². The Morgan fingerprint density at radius 2 is 1.76 bits per heavy atom. The van der Waals surface area contributed by atoms with Gasteiger partial charge in [-0.2, -0.15) is 0 Å². The van der Waals surface area contributed by atoms with Crippen LogP contribution in [0, 0.1) is 57.2 Å². The zero-order chi connectivity index (χ0) is 24.0. The first kappa shape index (κ1) is 23.4. The fourth-order valence-corrected chi connectivity index (χ4v) is 10.2. The van der Waals surface area contributed by atoms with Crippen LogP contribution in [0.2, 0.25) is 0 Å². The Morgan fingerprint density at radius 3 is 2.42 bits per heavy atom. The number of methoxy groups -OCH3 is 1. The van der Waals surface area contributed by atoms with Crippen molar-refractivity contribution in [1.29, 1.82) is 0 Å². The highest BCUT2D eigenvalue weighted by Crippen LogP contribution is 2.71. The molecule has 0 aromatic heterocycles. The van der Waals surface area contributed by atoms with E-state index < -0.39 is 0 Å². The van der Waals surface area contributed by atoms with Gasteiger partial charge in [0.1, 0.15) is 0 Å². The van der Waals surface area contributed by atoms with Gasteiger partial charge >= 0.3 is 5.97 Å². The molecule has 8 unspecified atom stereocenters. The largest absolute Gasteiger partial charge is 0.469 e. The smallest absolute Gasteiger partial charge is 0.312 e. The number of rotatable bonds is 2. The topological polar surface area (TPSA) is 43.4 Å². The normalized spacial score (nSPS) is 47.8. The Balaban J connectivity index is 1.58. The summed E-state index contributed by atoms with van der Waals surface area (Å²) in [7, 11) is 1.58. The Labute approximate surface area is 200 Å². The van der Waals surface area contributed by atoms with Crippen molar-refractivity contribution in [2.24, 2.45) is 57.2 Å². The molecule has 182 valence electrons. The molecule has 33 heavy (non-hydrogen) atoms. The van der Waals surface area contributed by atoms with Crippen molar-refractivity contribution in [3.05, 3.63) is 23.8 Å². The molecule has 0 aliphatic heterocycles. The van der Waals surface area contributed by atoms with E-state index in [1.165, 1.54) is 12.8 Å². The highest BCUT2D eigenvalue weighted by atomic mass is 16.5. The Morgan fingerprint density at radius 1 is 1.03 bits per heavy atom. The van der Waals surface area contributed by atoms with Crippen LogP contribution in [-0.2, 0) is 14.3 Å². The fourth-order valence-electron chi connectivity index (χ4n) is 10.2. The van der Waals surface area contributed by atoms with Crippen LogP contribution in [0.5, 0.6) is 0 Å². The summed E-state index contributed by atoms with van der Waals surface area (Å²) in [4.78, 5) is 26.0. The molecule has 8 atom stereocenters. The second-order valence-corrected chi connectivity index (χ2v) is 13.5. The number of esters is 1. The van der Waals surface area contributed by atoms with Crippen molar-refractivity contribution in [2.75, 3.05) is 7.11 Å². The Hall–Kier alpha value is -1.38. The lowest BCUT2D eigenvalue weighted by atomic mass is 9.39. The summed E-state index contributed by atoms with van der Waals surface area (Å²) in [5, 5.41) is 0. The predicted molar refractivity (Wildman–Crippen MR) is 131 cm³/mol. The monoisotopic (exact) mass is 452 g/mol. The Kier molecular flexibility index (Phi) is 5.18. The molecule has 3 nitrogen and oxygen atoms in total. The van der Waals surface area contributed by atoms with Gasteiger partial charge in [-0.05, 0) is 97.4 Å². The van der Waals surface area contributed by atoms with E-state index in [1.807, 2.05) is 6.08 Å². The molecule has 5 aliphatic rings. The minimum absolute atomic E-state index is 0.0318. The average Bonchev–Trinajstić information content (AvgIpc) is 3.17. The average molecular weight is 453 g/mol. The molecule has 0 saturated heterocycles. The van der Waals surface area contributed by atoms with Gasteiger partial charge in [-0.15, -0.1) is 0 Å². The van der Waals surface area contributed by atoms with Gasteiger partial charge in [0.15, 0.2) is 5.78 Å². The molecule has 5 aliphatic carbocycles. The summed E-state index contributed by atoms with van der Waals surface area (Å²) in [6.07, 6.45) is 14.3. The van der Waals surface area contributed by atoms with Gasteiger partial charge < -0.3 is 4.74 Å². The number of hydrogen-bond acceptors (Lipinski definition) is 3. The van der Waals surface area contributed by atoms with Crippen LogP contribution in [0.4, 0.5) is 0 Å². The third-order valence-electron chi connectivity index (χ3n) is 11.7. The van der Waals surface area contributed by atoms with Gasteiger partial charge in [-0.1, -0.05) is 59.3 Å². The number of fused-ring (bicyclic) bond motifs is 7. The van der Waals surface area contributed by atoms with Gasteiger partial charge in [0, 0.05) is 5.41 Å². The summed E-state index contributed by atoms with van der Waals surface area (Å²) in [5.41, 5.74) is 1.26. The first-order valence-electron chi connectivity index (χ1n) is 13.5. The second kappa shape index (κ2) is 7.31. The zero-order valence-corrected chi connectivity index (χ0v) is 21.9. The maximum Gasteiger partial charge on any atom is 0.312 e. The second-order valence-electron chi connectivity index (χ2n) is 13.5. The van der Waals surface area contributed by atoms with Crippen LogP contribution in [0.3, 0.4) is 0 Å².